The van der Waals surface area contributed by atoms with Crippen molar-refractivity contribution in [3.05, 3.63) is 65.9 Å². The van der Waals surface area contributed by atoms with E-state index in [0.29, 0.717) is 38.4 Å². The summed E-state index contributed by atoms with van der Waals surface area (Å²) in [5.74, 6) is 0.168. The molecule has 4 aliphatic rings. The lowest BCUT2D eigenvalue weighted by Crippen LogP contribution is -2.44. The molecule has 0 radical (unpaired) electrons. The highest BCUT2D eigenvalue weighted by Gasteiger charge is 2.49. The van der Waals surface area contributed by atoms with Gasteiger partial charge in [-0.1, -0.05) is 25.5 Å². The summed E-state index contributed by atoms with van der Waals surface area (Å²) in [6.07, 6.45) is 18.2. The number of hydrogen-bond acceptors (Lipinski definition) is 7. The summed E-state index contributed by atoms with van der Waals surface area (Å²) in [6, 6.07) is -0.296. The van der Waals surface area contributed by atoms with E-state index in [1.807, 2.05) is 17.1 Å². The van der Waals surface area contributed by atoms with Gasteiger partial charge in [0.1, 0.15) is 12.0 Å². The number of halogens is 1. The molecule has 0 bridgehead atoms. The maximum Gasteiger partial charge on any atom is 0.308 e. The number of unbranched alkanes of at least 4 members (excludes halogenated alkanes) is 1. The van der Waals surface area contributed by atoms with E-state index in [-0.39, 0.29) is 51.3 Å². The Bertz CT molecular complexity index is 1220. The first-order valence-corrected chi connectivity index (χ1v) is 16.4. The third-order valence-electron chi connectivity index (χ3n) is 8.25. The maximum absolute atomic E-state index is 14.0. The molecule has 1 aromatic rings. The van der Waals surface area contributed by atoms with Crippen LogP contribution in [0.2, 0.25) is 0 Å². The number of aliphatic carboxylic acids is 1. The van der Waals surface area contributed by atoms with Crippen molar-refractivity contribution in [2.45, 2.75) is 51.5 Å². The number of hydrogen-bond donors (Lipinski definition) is 1. The molecule has 1 N–H and O–H groups in total. The first-order valence-electron chi connectivity index (χ1n) is 14.2. The lowest BCUT2D eigenvalue weighted by molar-refractivity contribution is -0.145. The largest absolute Gasteiger partial charge is 0.493 e. The van der Waals surface area contributed by atoms with Crippen molar-refractivity contribution < 1.29 is 23.8 Å². The lowest BCUT2D eigenvalue weighted by Gasteiger charge is -2.30. The molecule has 4 heterocycles. The van der Waals surface area contributed by atoms with Crippen molar-refractivity contribution in [3.8, 4) is 0 Å². The van der Waals surface area contributed by atoms with E-state index in [2.05, 4.69) is 49.3 Å². The van der Waals surface area contributed by atoms with Gasteiger partial charge in [-0.2, -0.15) is 0 Å². The molecule has 0 aromatic carbocycles. The second-order valence-corrected chi connectivity index (χ2v) is 13.6. The summed E-state index contributed by atoms with van der Waals surface area (Å²) >= 11 is -0.241. The molecule has 10 heteroatoms. The summed E-state index contributed by atoms with van der Waals surface area (Å²) < 4.78 is 15.6. The zero-order valence-electron chi connectivity index (χ0n) is 23.2. The number of likely N-dealkylation sites (tertiary alicyclic amines) is 1. The number of oxazole rings is 1. The van der Waals surface area contributed by atoms with Crippen molar-refractivity contribution in [2.75, 3.05) is 33.3 Å². The third-order valence-corrected chi connectivity index (χ3v) is 10.1. The van der Waals surface area contributed by atoms with Crippen LogP contribution < -0.4 is 0 Å². The first-order chi connectivity index (χ1) is 19.4. The van der Waals surface area contributed by atoms with Gasteiger partial charge >= 0.3 is 5.97 Å². The molecule has 9 nitrogen and oxygen atoms in total. The molecule has 3 aliphatic heterocycles. The summed E-state index contributed by atoms with van der Waals surface area (Å²) in [5, 5.41) is 10.5. The van der Waals surface area contributed by atoms with Crippen LogP contribution in [0.1, 0.15) is 44.9 Å². The number of carbonyl (C=O) groups is 2. The molecule has 216 valence electrons. The van der Waals surface area contributed by atoms with Gasteiger partial charge in [-0.05, 0) is 73.8 Å². The normalized spacial score (nSPS) is 26.2. The molecule has 1 aromatic heterocycles. The minimum atomic E-state index is -0.800. The van der Waals surface area contributed by atoms with E-state index >= 15 is 0 Å². The van der Waals surface area contributed by atoms with Gasteiger partial charge in [-0.3, -0.25) is 14.5 Å². The Hall–Kier alpha value is -2.73. The van der Waals surface area contributed by atoms with Gasteiger partial charge in [-0.25, -0.2) is 4.98 Å². The Morgan fingerprint density at radius 1 is 1.32 bits per heavy atom. The highest BCUT2D eigenvalue weighted by molar-refractivity contribution is 14.2. The zero-order valence-corrected chi connectivity index (χ0v) is 25.4. The number of carboxylic acid groups (broad SMARTS) is 1. The Morgan fingerprint density at radius 3 is 2.98 bits per heavy atom. The molecule has 2 saturated heterocycles. The van der Waals surface area contributed by atoms with Gasteiger partial charge in [0, 0.05) is 45.2 Å². The van der Waals surface area contributed by atoms with E-state index in [1.54, 1.807) is 12.5 Å². The van der Waals surface area contributed by atoms with Crippen LogP contribution in [0.5, 0.6) is 0 Å². The average Bonchev–Trinajstić information content (AvgIpc) is 3.66. The number of ether oxygens (including phenoxy) is 1. The Morgan fingerprint density at radius 2 is 2.20 bits per heavy atom. The fourth-order valence-corrected chi connectivity index (χ4v) is 7.67. The molecule has 0 spiro atoms. The Labute approximate surface area is 246 Å². The van der Waals surface area contributed by atoms with Gasteiger partial charge in [0.2, 0.25) is 5.91 Å². The molecule has 40 heavy (non-hydrogen) atoms. The van der Waals surface area contributed by atoms with Crippen LogP contribution in [0, 0.1) is 17.8 Å². The summed E-state index contributed by atoms with van der Waals surface area (Å²) in [5.41, 5.74) is 2.08. The fourth-order valence-electron chi connectivity index (χ4n) is 6.33. The van der Waals surface area contributed by atoms with Crippen molar-refractivity contribution in [3.63, 3.8) is 0 Å². The molecule has 4 atom stereocenters. The standard InChI is InChI=1S/C30H39IN4O5/c1-3-4-14-35(23-6-5-12-31-33(2)18-23)28(36)20-34-19-24(21-7-9-26-22(17-21)11-15-39-26)29(30(37)38)25(34)8-10-27-32-13-16-40-27/h5-6,9,12-13,16-18,21,24-25,29H,3-4,7-8,10-11,14-15,19-20H2,1-2H3,(H,37,38)/t21?,24-,25+,29-/m1/s1. The molecule has 1 amide bonds. The van der Waals surface area contributed by atoms with Crippen LogP contribution in [0.25, 0.3) is 0 Å². The van der Waals surface area contributed by atoms with Crippen LogP contribution in [-0.2, 0) is 20.7 Å². The second kappa shape index (κ2) is 13.3. The zero-order chi connectivity index (χ0) is 28.1. The van der Waals surface area contributed by atoms with Crippen molar-refractivity contribution in [2.24, 2.45) is 17.8 Å². The fraction of sp³-hybridized carbons (Fsp3) is 0.533. The van der Waals surface area contributed by atoms with Gasteiger partial charge in [0.25, 0.3) is 0 Å². The maximum atomic E-state index is 14.0. The lowest BCUT2D eigenvalue weighted by atomic mass is 9.76. The van der Waals surface area contributed by atoms with Crippen LogP contribution in [0.3, 0.4) is 0 Å². The van der Waals surface area contributed by atoms with Crippen molar-refractivity contribution >= 4 is 36.9 Å². The molecule has 2 fully saturated rings. The van der Waals surface area contributed by atoms with Crippen molar-refractivity contribution in [1.82, 2.24) is 17.9 Å². The Kier molecular flexibility index (Phi) is 9.56. The molecule has 0 saturated carbocycles. The summed E-state index contributed by atoms with van der Waals surface area (Å²) in [4.78, 5) is 35.1. The van der Waals surface area contributed by atoms with Gasteiger partial charge < -0.3 is 22.3 Å². The van der Waals surface area contributed by atoms with Gasteiger partial charge in [-0.15, -0.1) is 0 Å². The number of nitrogens with zero attached hydrogens (tertiary/aromatic N) is 4. The third kappa shape index (κ3) is 6.59. The SMILES string of the molecule is CCCCN(C(=O)CN1C[C@H](C2C=C3CCOC3=CC2)[C@@H](C(=O)O)[C@@H]1CCc1ncco1)C1=CN(C)I=CC=C1. The van der Waals surface area contributed by atoms with Crippen LogP contribution >= 0.6 is 21.0 Å². The summed E-state index contributed by atoms with van der Waals surface area (Å²) in [6.45, 7) is 4.19. The van der Waals surface area contributed by atoms with Gasteiger partial charge in [0.05, 0.1) is 31.0 Å². The minimum Gasteiger partial charge on any atom is -0.493 e. The monoisotopic (exact) mass is 662 g/mol. The molecule has 5 rings (SSSR count). The van der Waals surface area contributed by atoms with E-state index in [0.717, 1.165) is 37.1 Å². The quantitative estimate of drug-likeness (QED) is 0.273. The molecular weight excluding hydrogens is 623 g/mol. The Balaban J connectivity index is 1.40. The van der Waals surface area contributed by atoms with E-state index in [1.165, 1.54) is 5.57 Å². The topological polar surface area (TPSA) is 99.3 Å². The van der Waals surface area contributed by atoms with Crippen LogP contribution in [0.15, 0.2) is 64.4 Å². The number of allylic oxidation sites excluding steroid dienone is 5. The number of rotatable bonds is 11. The summed E-state index contributed by atoms with van der Waals surface area (Å²) in [7, 11) is 2.05. The second-order valence-electron chi connectivity index (χ2n) is 10.8. The van der Waals surface area contributed by atoms with Gasteiger partial charge in [0.15, 0.2) is 5.89 Å². The number of carbonyl (C=O) groups excluding carboxylic acids is 1. The van der Waals surface area contributed by atoms with Crippen LogP contribution in [-0.4, -0.2) is 78.2 Å². The molecule has 1 aliphatic carbocycles. The smallest absolute Gasteiger partial charge is 0.308 e. The van der Waals surface area contributed by atoms with E-state index < -0.39 is 11.9 Å². The van der Waals surface area contributed by atoms with E-state index in [4.69, 9.17) is 9.15 Å². The molecular formula is C30H39IN4O5. The molecule has 1 unspecified atom stereocenters. The van der Waals surface area contributed by atoms with E-state index in [9.17, 15) is 14.7 Å². The highest BCUT2D eigenvalue weighted by atomic mass is 127. The number of carboxylic acids is 1. The number of aromatic nitrogens is 1. The first kappa shape index (κ1) is 28.8. The predicted molar refractivity (Wildman–Crippen MR) is 161 cm³/mol. The van der Waals surface area contributed by atoms with Crippen molar-refractivity contribution in [1.29, 1.82) is 0 Å². The number of fused-ring (bicyclic) bond motifs is 1. The van der Waals surface area contributed by atoms with Crippen LogP contribution in [0.4, 0.5) is 0 Å². The highest BCUT2D eigenvalue weighted by Crippen LogP contribution is 2.43. The number of aryl methyl sites for hydroxylation is 1. The number of amides is 1. The predicted octanol–water partition coefficient (Wildman–Crippen LogP) is 4.52. The minimum absolute atomic E-state index is 0.0112. The average molecular weight is 663 g/mol.